The monoisotopic (exact) mass is 383 g/mol. The summed E-state index contributed by atoms with van der Waals surface area (Å²) in [6.45, 7) is 3.40. The smallest absolute Gasteiger partial charge is 0.370 e. The SMILES string of the molecule is Cc1nc(CC(=O)Nc2cc(C(F)(F)F)ccc2N2CCCCC2)cs1. The van der Waals surface area contributed by atoms with E-state index in [9.17, 15) is 18.0 Å². The molecular weight excluding hydrogens is 363 g/mol. The van der Waals surface area contributed by atoms with Gasteiger partial charge in [0, 0.05) is 18.5 Å². The first-order valence-electron chi connectivity index (χ1n) is 8.50. The van der Waals surface area contributed by atoms with Crippen LogP contribution in [0.3, 0.4) is 0 Å². The van der Waals surface area contributed by atoms with Crippen molar-refractivity contribution in [2.75, 3.05) is 23.3 Å². The molecule has 140 valence electrons. The van der Waals surface area contributed by atoms with Crippen molar-refractivity contribution in [3.05, 3.63) is 39.8 Å². The number of alkyl halides is 3. The summed E-state index contributed by atoms with van der Waals surface area (Å²) in [6, 6.07) is 3.55. The maximum Gasteiger partial charge on any atom is 0.416 e. The molecule has 8 heteroatoms. The van der Waals surface area contributed by atoms with Gasteiger partial charge in [-0.3, -0.25) is 4.79 Å². The quantitative estimate of drug-likeness (QED) is 0.836. The van der Waals surface area contributed by atoms with Crippen LogP contribution < -0.4 is 10.2 Å². The highest BCUT2D eigenvalue weighted by Gasteiger charge is 2.31. The fraction of sp³-hybridized carbons (Fsp3) is 0.444. The Morgan fingerprint density at radius 2 is 2.00 bits per heavy atom. The second-order valence-electron chi connectivity index (χ2n) is 6.36. The number of nitrogens with one attached hydrogen (secondary N) is 1. The molecule has 0 spiro atoms. The number of hydrogen-bond acceptors (Lipinski definition) is 4. The second kappa shape index (κ2) is 7.65. The molecule has 4 nitrogen and oxygen atoms in total. The van der Waals surface area contributed by atoms with E-state index in [0.29, 0.717) is 11.4 Å². The van der Waals surface area contributed by atoms with Gasteiger partial charge >= 0.3 is 6.18 Å². The van der Waals surface area contributed by atoms with Crippen molar-refractivity contribution in [3.8, 4) is 0 Å². The lowest BCUT2D eigenvalue weighted by Crippen LogP contribution is -2.30. The molecule has 1 aliphatic rings. The summed E-state index contributed by atoms with van der Waals surface area (Å²) in [4.78, 5) is 18.6. The minimum atomic E-state index is -4.45. The first-order valence-corrected chi connectivity index (χ1v) is 9.38. The van der Waals surface area contributed by atoms with Crippen LogP contribution in [0.25, 0.3) is 0 Å². The van der Waals surface area contributed by atoms with Gasteiger partial charge in [0.15, 0.2) is 0 Å². The zero-order valence-corrected chi connectivity index (χ0v) is 15.2. The van der Waals surface area contributed by atoms with Gasteiger partial charge in [0.1, 0.15) is 0 Å². The van der Waals surface area contributed by atoms with Crippen LogP contribution in [0.15, 0.2) is 23.6 Å². The first kappa shape index (κ1) is 18.7. The normalized spacial score (nSPS) is 15.2. The predicted octanol–water partition coefficient (Wildman–Crippen LogP) is 4.64. The van der Waals surface area contributed by atoms with Crippen molar-refractivity contribution in [1.29, 1.82) is 0 Å². The Balaban J connectivity index is 1.84. The molecule has 1 fully saturated rings. The number of aryl methyl sites for hydroxylation is 1. The van der Waals surface area contributed by atoms with Crippen molar-refractivity contribution in [2.45, 2.75) is 38.8 Å². The lowest BCUT2D eigenvalue weighted by atomic mass is 10.1. The van der Waals surface area contributed by atoms with Gasteiger partial charge in [-0.25, -0.2) is 4.98 Å². The molecule has 0 unspecified atom stereocenters. The number of anilines is 2. The molecule has 2 aromatic rings. The molecule has 1 N–H and O–H groups in total. The Hall–Kier alpha value is -2.09. The van der Waals surface area contributed by atoms with Gasteiger partial charge in [0.05, 0.1) is 34.1 Å². The molecule has 1 amide bonds. The van der Waals surface area contributed by atoms with E-state index in [2.05, 4.69) is 10.3 Å². The standard InChI is InChI=1S/C18H20F3N3OS/c1-12-22-14(11-26-12)10-17(25)23-15-9-13(18(19,20)21)5-6-16(15)24-7-3-2-4-8-24/h5-6,9,11H,2-4,7-8,10H2,1H3,(H,23,25). The number of rotatable bonds is 4. The Bertz CT molecular complexity index is 782. The van der Waals surface area contributed by atoms with Crippen LogP contribution in [0.5, 0.6) is 0 Å². The van der Waals surface area contributed by atoms with E-state index in [1.807, 2.05) is 11.8 Å². The number of nitrogens with zero attached hydrogens (tertiary/aromatic N) is 2. The van der Waals surface area contributed by atoms with E-state index in [0.717, 1.165) is 49.5 Å². The number of carbonyl (C=O) groups excluding carboxylic acids is 1. The number of thiazole rings is 1. The number of benzene rings is 1. The van der Waals surface area contributed by atoms with Crippen LogP contribution in [0, 0.1) is 6.92 Å². The van der Waals surface area contributed by atoms with Gasteiger partial charge in [0.2, 0.25) is 5.91 Å². The molecule has 3 rings (SSSR count). The van der Waals surface area contributed by atoms with Crippen molar-refractivity contribution in [1.82, 2.24) is 4.98 Å². The number of hydrogen-bond donors (Lipinski definition) is 1. The molecule has 26 heavy (non-hydrogen) atoms. The maximum atomic E-state index is 13.1. The average molecular weight is 383 g/mol. The first-order chi connectivity index (χ1) is 12.3. The van der Waals surface area contributed by atoms with E-state index < -0.39 is 11.7 Å². The van der Waals surface area contributed by atoms with E-state index >= 15 is 0 Å². The van der Waals surface area contributed by atoms with E-state index in [1.165, 1.54) is 17.4 Å². The zero-order valence-electron chi connectivity index (χ0n) is 14.4. The summed E-state index contributed by atoms with van der Waals surface area (Å²) in [5.74, 6) is -0.368. The number of halogens is 3. The summed E-state index contributed by atoms with van der Waals surface area (Å²) in [6.07, 6.45) is -1.31. The van der Waals surface area contributed by atoms with Gasteiger partial charge in [-0.2, -0.15) is 13.2 Å². The predicted molar refractivity (Wildman–Crippen MR) is 96.7 cm³/mol. The Labute approximate surface area is 154 Å². The largest absolute Gasteiger partial charge is 0.416 e. The van der Waals surface area contributed by atoms with Crippen LogP contribution >= 0.6 is 11.3 Å². The van der Waals surface area contributed by atoms with E-state index in [-0.39, 0.29) is 18.0 Å². The average Bonchev–Trinajstić information content (AvgIpc) is 2.99. The molecule has 0 saturated carbocycles. The zero-order chi connectivity index (χ0) is 18.7. The van der Waals surface area contributed by atoms with Crippen LogP contribution in [0.4, 0.5) is 24.5 Å². The highest BCUT2D eigenvalue weighted by Crippen LogP contribution is 2.36. The minimum absolute atomic E-state index is 0.0417. The van der Waals surface area contributed by atoms with Crippen LogP contribution in [0.2, 0.25) is 0 Å². The lowest BCUT2D eigenvalue weighted by molar-refractivity contribution is -0.137. The second-order valence-corrected chi connectivity index (χ2v) is 7.42. The molecule has 2 heterocycles. The Morgan fingerprint density at radius 3 is 2.62 bits per heavy atom. The van der Waals surface area contributed by atoms with E-state index in [4.69, 9.17) is 0 Å². The fourth-order valence-electron chi connectivity index (χ4n) is 3.07. The summed E-state index contributed by atoms with van der Waals surface area (Å²) in [5, 5.41) is 5.29. The molecule has 1 aliphatic heterocycles. The molecule has 1 saturated heterocycles. The third kappa shape index (κ3) is 4.55. The van der Waals surface area contributed by atoms with E-state index in [1.54, 1.807) is 5.38 Å². The van der Waals surface area contributed by atoms with Gasteiger partial charge in [-0.15, -0.1) is 11.3 Å². The van der Waals surface area contributed by atoms with Crippen molar-refractivity contribution >= 4 is 28.6 Å². The Kier molecular flexibility index (Phi) is 5.50. The maximum absolute atomic E-state index is 13.1. The Morgan fingerprint density at radius 1 is 1.27 bits per heavy atom. The molecule has 0 atom stereocenters. The molecule has 1 aromatic carbocycles. The summed E-state index contributed by atoms with van der Waals surface area (Å²) >= 11 is 1.44. The highest BCUT2D eigenvalue weighted by molar-refractivity contribution is 7.09. The van der Waals surface area contributed by atoms with Gasteiger partial charge in [-0.1, -0.05) is 0 Å². The van der Waals surface area contributed by atoms with Gasteiger partial charge in [0.25, 0.3) is 0 Å². The van der Waals surface area contributed by atoms with Crippen LogP contribution in [-0.2, 0) is 17.4 Å². The van der Waals surface area contributed by atoms with Crippen molar-refractivity contribution in [2.24, 2.45) is 0 Å². The molecule has 0 bridgehead atoms. The third-order valence-electron chi connectivity index (χ3n) is 4.30. The van der Waals surface area contributed by atoms with Gasteiger partial charge in [-0.05, 0) is 44.4 Å². The topological polar surface area (TPSA) is 45.2 Å². The number of amides is 1. The third-order valence-corrected chi connectivity index (χ3v) is 5.13. The highest BCUT2D eigenvalue weighted by atomic mass is 32.1. The van der Waals surface area contributed by atoms with Gasteiger partial charge < -0.3 is 10.2 Å². The molecule has 0 radical (unpaired) electrons. The number of carbonyl (C=O) groups is 1. The van der Waals surface area contributed by atoms with Crippen LogP contribution in [0.1, 0.15) is 35.5 Å². The molecular formula is C18H20F3N3OS. The van der Waals surface area contributed by atoms with Crippen LogP contribution in [-0.4, -0.2) is 24.0 Å². The minimum Gasteiger partial charge on any atom is -0.370 e. The lowest BCUT2D eigenvalue weighted by Gasteiger charge is -2.31. The van der Waals surface area contributed by atoms with Crippen molar-refractivity contribution < 1.29 is 18.0 Å². The number of piperidine rings is 1. The number of aromatic nitrogens is 1. The van der Waals surface area contributed by atoms with Crippen molar-refractivity contribution in [3.63, 3.8) is 0 Å². The molecule has 0 aliphatic carbocycles. The summed E-state index contributed by atoms with van der Waals surface area (Å²) in [5.41, 5.74) is 0.703. The molecule has 1 aromatic heterocycles. The summed E-state index contributed by atoms with van der Waals surface area (Å²) in [7, 11) is 0. The fourth-order valence-corrected chi connectivity index (χ4v) is 3.68. The summed E-state index contributed by atoms with van der Waals surface area (Å²) < 4.78 is 39.3.